The second-order valence-corrected chi connectivity index (χ2v) is 6.63. The molecule has 0 N–H and O–H groups in total. The van der Waals surface area contributed by atoms with Crippen molar-refractivity contribution < 1.29 is 31.8 Å². The van der Waals surface area contributed by atoms with Crippen LogP contribution in [0.5, 0.6) is 11.5 Å². The average molecular weight is 406 g/mol. The fraction of sp³-hybridized carbons (Fsp3) is 0.286. The van der Waals surface area contributed by atoms with Gasteiger partial charge >= 0.3 is 6.36 Å². The van der Waals surface area contributed by atoms with E-state index in [1.807, 2.05) is 0 Å². The number of benzene rings is 2. The number of alkyl halides is 3. The Bertz CT molecular complexity index is 1070. The molecule has 1 fully saturated rings. The van der Waals surface area contributed by atoms with E-state index >= 15 is 0 Å². The van der Waals surface area contributed by atoms with Gasteiger partial charge in [-0.3, -0.25) is 4.79 Å². The van der Waals surface area contributed by atoms with Crippen molar-refractivity contribution in [3.8, 4) is 22.6 Å². The van der Waals surface area contributed by atoms with Crippen molar-refractivity contribution >= 4 is 11.0 Å². The predicted octanol–water partition coefficient (Wildman–Crippen LogP) is 5.26. The molecule has 0 bridgehead atoms. The zero-order valence-corrected chi connectivity index (χ0v) is 15.2. The molecule has 1 aromatic heterocycles. The summed E-state index contributed by atoms with van der Waals surface area (Å²) in [7, 11) is 0. The number of fused-ring (bicyclic) bond motifs is 1. The molecule has 3 aromatic rings. The molecule has 5 nitrogen and oxygen atoms in total. The van der Waals surface area contributed by atoms with Gasteiger partial charge in [0.05, 0.1) is 17.6 Å². The van der Waals surface area contributed by atoms with Crippen LogP contribution in [-0.2, 0) is 4.74 Å². The number of hydrogen-bond acceptors (Lipinski definition) is 5. The molecule has 1 atom stereocenters. The molecule has 2 heterocycles. The van der Waals surface area contributed by atoms with E-state index in [-0.39, 0.29) is 22.8 Å². The van der Waals surface area contributed by atoms with Crippen molar-refractivity contribution in [2.75, 3.05) is 6.61 Å². The zero-order chi connectivity index (χ0) is 20.4. The van der Waals surface area contributed by atoms with Crippen LogP contribution in [0.3, 0.4) is 0 Å². The van der Waals surface area contributed by atoms with E-state index < -0.39 is 12.1 Å². The highest BCUT2D eigenvalue weighted by Gasteiger charge is 2.31. The summed E-state index contributed by atoms with van der Waals surface area (Å²) < 4.78 is 58.1. The van der Waals surface area contributed by atoms with Gasteiger partial charge in [-0.1, -0.05) is 12.1 Å². The zero-order valence-electron chi connectivity index (χ0n) is 15.2. The summed E-state index contributed by atoms with van der Waals surface area (Å²) in [4.78, 5) is 12.8. The highest BCUT2D eigenvalue weighted by Crippen LogP contribution is 2.29. The molecule has 0 saturated carbocycles. The third-order valence-electron chi connectivity index (χ3n) is 4.53. The molecule has 1 aliphatic heterocycles. The van der Waals surface area contributed by atoms with Crippen LogP contribution in [0.25, 0.3) is 22.1 Å². The molecule has 152 valence electrons. The Hall–Kier alpha value is -3.00. The summed E-state index contributed by atoms with van der Waals surface area (Å²) in [6.07, 6.45) is -1.11. The maximum absolute atomic E-state index is 12.8. The monoisotopic (exact) mass is 406 g/mol. The van der Waals surface area contributed by atoms with Gasteiger partial charge in [-0.15, -0.1) is 13.2 Å². The average Bonchev–Trinajstić information content (AvgIpc) is 2.68. The first-order chi connectivity index (χ1) is 13.9. The molecule has 8 heteroatoms. The van der Waals surface area contributed by atoms with Crippen molar-refractivity contribution in [3.05, 3.63) is 59.0 Å². The lowest BCUT2D eigenvalue weighted by Crippen LogP contribution is -2.24. The van der Waals surface area contributed by atoms with Gasteiger partial charge in [0.1, 0.15) is 23.3 Å². The van der Waals surface area contributed by atoms with Gasteiger partial charge in [0.25, 0.3) is 0 Å². The largest absolute Gasteiger partial charge is 0.573 e. The van der Waals surface area contributed by atoms with Crippen molar-refractivity contribution in [2.24, 2.45) is 0 Å². The topological polar surface area (TPSA) is 57.9 Å². The Morgan fingerprint density at radius 2 is 1.90 bits per heavy atom. The van der Waals surface area contributed by atoms with Crippen LogP contribution < -0.4 is 14.9 Å². The standard InChI is InChI=1S/C21H17F3O5/c22-21(23,24)29-15-5-3-4-13(10-15)17-12-27-18-11-14(7-8-16(18)20(17)25)28-19-6-1-2-9-26-19/h3-5,7-8,10-12,19H,1-2,6,9H2. The first-order valence-corrected chi connectivity index (χ1v) is 9.09. The molecule has 2 aromatic carbocycles. The second-order valence-electron chi connectivity index (χ2n) is 6.63. The fourth-order valence-corrected chi connectivity index (χ4v) is 3.20. The minimum absolute atomic E-state index is 0.134. The SMILES string of the molecule is O=c1c(-c2cccc(OC(F)(F)F)c2)coc2cc(OC3CCCCO3)ccc12. The van der Waals surface area contributed by atoms with Gasteiger partial charge in [-0.05, 0) is 42.7 Å². The van der Waals surface area contributed by atoms with Gasteiger partial charge in [-0.25, -0.2) is 0 Å². The van der Waals surface area contributed by atoms with E-state index in [2.05, 4.69) is 4.74 Å². The smallest absolute Gasteiger partial charge is 0.465 e. The highest BCUT2D eigenvalue weighted by molar-refractivity contribution is 5.82. The molecule has 1 aliphatic rings. The molecular weight excluding hydrogens is 389 g/mol. The lowest BCUT2D eigenvalue weighted by Gasteiger charge is -2.23. The van der Waals surface area contributed by atoms with Crippen molar-refractivity contribution in [1.29, 1.82) is 0 Å². The minimum Gasteiger partial charge on any atom is -0.465 e. The Balaban J connectivity index is 1.63. The Morgan fingerprint density at radius 1 is 1.03 bits per heavy atom. The molecule has 0 spiro atoms. The van der Waals surface area contributed by atoms with Crippen LogP contribution in [0.1, 0.15) is 19.3 Å². The normalized spacial score (nSPS) is 17.3. The number of hydrogen-bond donors (Lipinski definition) is 0. The minimum atomic E-state index is -4.81. The van der Waals surface area contributed by atoms with Crippen LogP contribution in [0.4, 0.5) is 13.2 Å². The third-order valence-corrected chi connectivity index (χ3v) is 4.53. The lowest BCUT2D eigenvalue weighted by molar-refractivity contribution is -0.274. The summed E-state index contributed by atoms with van der Waals surface area (Å²) in [5, 5.41) is 0.293. The van der Waals surface area contributed by atoms with Gasteiger partial charge in [0.2, 0.25) is 0 Å². The van der Waals surface area contributed by atoms with Crippen LogP contribution in [0.15, 0.2) is 57.9 Å². The van der Waals surface area contributed by atoms with Gasteiger partial charge < -0.3 is 18.6 Å². The fourth-order valence-electron chi connectivity index (χ4n) is 3.20. The summed E-state index contributed by atoms with van der Waals surface area (Å²) in [6, 6.07) is 10.0. The van der Waals surface area contributed by atoms with Crippen LogP contribution in [-0.4, -0.2) is 19.3 Å². The quantitative estimate of drug-likeness (QED) is 0.591. The molecule has 29 heavy (non-hydrogen) atoms. The van der Waals surface area contributed by atoms with Gasteiger partial charge in [0, 0.05) is 12.5 Å². The molecule has 0 amide bonds. The molecule has 4 rings (SSSR count). The Kier molecular flexibility index (Phi) is 5.19. The van der Waals surface area contributed by atoms with E-state index in [4.69, 9.17) is 13.9 Å². The van der Waals surface area contributed by atoms with E-state index in [9.17, 15) is 18.0 Å². The van der Waals surface area contributed by atoms with Crippen LogP contribution >= 0.6 is 0 Å². The second kappa shape index (κ2) is 7.79. The molecular formula is C21H17F3O5. The first kappa shape index (κ1) is 19.3. The Labute approximate surface area is 163 Å². The third kappa shape index (κ3) is 4.54. The van der Waals surface area contributed by atoms with Crippen LogP contribution in [0.2, 0.25) is 0 Å². The Morgan fingerprint density at radius 3 is 2.66 bits per heavy atom. The predicted molar refractivity (Wildman–Crippen MR) is 98.8 cm³/mol. The maximum atomic E-state index is 12.8. The van der Waals surface area contributed by atoms with Crippen LogP contribution in [0, 0.1) is 0 Å². The van der Waals surface area contributed by atoms with Crippen molar-refractivity contribution in [1.82, 2.24) is 0 Å². The summed E-state index contributed by atoms with van der Waals surface area (Å²) in [5.74, 6) is 0.103. The van der Waals surface area contributed by atoms with Gasteiger partial charge in [-0.2, -0.15) is 0 Å². The van der Waals surface area contributed by atoms with E-state index in [1.54, 1.807) is 18.2 Å². The van der Waals surface area contributed by atoms with Crippen molar-refractivity contribution in [3.63, 3.8) is 0 Å². The first-order valence-electron chi connectivity index (χ1n) is 9.09. The summed E-state index contributed by atoms with van der Waals surface area (Å²) >= 11 is 0. The molecule has 0 radical (unpaired) electrons. The van der Waals surface area contributed by atoms with Crippen molar-refractivity contribution in [2.45, 2.75) is 31.9 Å². The van der Waals surface area contributed by atoms with E-state index in [0.29, 0.717) is 23.3 Å². The van der Waals surface area contributed by atoms with E-state index in [1.165, 1.54) is 18.4 Å². The molecule has 1 saturated heterocycles. The number of rotatable bonds is 4. The summed E-state index contributed by atoms with van der Waals surface area (Å²) in [5.41, 5.74) is 0.346. The highest BCUT2D eigenvalue weighted by atomic mass is 19.4. The number of ether oxygens (including phenoxy) is 3. The number of halogens is 3. The van der Waals surface area contributed by atoms with E-state index in [0.717, 1.165) is 31.4 Å². The van der Waals surface area contributed by atoms with Gasteiger partial charge in [0.15, 0.2) is 11.7 Å². The molecule has 0 aliphatic carbocycles. The molecule has 1 unspecified atom stereocenters. The lowest BCUT2D eigenvalue weighted by atomic mass is 10.1. The maximum Gasteiger partial charge on any atom is 0.573 e. The summed E-state index contributed by atoms with van der Waals surface area (Å²) in [6.45, 7) is 0.647.